The van der Waals surface area contributed by atoms with E-state index in [-0.39, 0.29) is 6.61 Å². The van der Waals surface area contributed by atoms with Crippen LogP contribution >= 0.6 is 0 Å². The monoisotopic (exact) mass is 219 g/mol. The lowest BCUT2D eigenvalue weighted by Crippen LogP contribution is -2.01. The summed E-state index contributed by atoms with van der Waals surface area (Å²) in [4.78, 5) is 0. The molecule has 2 N–H and O–H groups in total. The summed E-state index contributed by atoms with van der Waals surface area (Å²) in [5.41, 5.74) is 6.65. The van der Waals surface area contributed by atoms with Gasteiger partial charge < -0.3 is 15.2 Å². The van der Waals surface area contributed by atoms with Crippen molar-refractivity contribution in [3.63, 3.8) is 0 Å². The highest BCUT2D eigenvalue weighted by Gasteiger charge is 2.04. The summed E-state index contributed by atoms with van der Waals surface area (Å²) in [5, 5.41) is 0. The summed E-state index contributed by atoms with van der Waals surface area (Å²) in [7, 11) is 1.62. The van der Waals surface area contributed by atoms with Gasteiger partial charge in [-0.2, -0.15) is 0 Å². The molecule has 0 aliphatic rings. The fraction of sp³-hybridized carbons (Fsp3) is 0.385. The minimum Gasteiger partial charge on any atom is -0.493 e. The number of hydrogen-bond donors (Lipinski definition) is 1. The van der Waals surface area contributed by atoms with E-state index < -0.39 is 0 Å². The highest BCUT2D eigenvalue weighted by molar-refractivity contribution is 5.43. The summed E-state index contributed by atoms with van der Waals surface area (Å²) in [6, 6.07) is 5.84. The van der Waals surface area contributed by atoms with Crippen LogP contribution in [0.3, 0.4) is 0 Å². The number of ether oxygens (including phenoxy) is 2. The molecular weight excluding hydrogens is 202 g/mol. The molecule has 1 aromatic rings. The minimum absolute atomic E-state index is 0.249. The van der Waals surface area contributed by atoms with E-state index in [0.29, 0.717) is 18.0 Å². The van der Waals surface area contributed by atoms with Crippen LogP contribution < -0.4 is 15.2 Å². The van der Waals surface area contributed by atoms with Crippen molar-refractivity contribution in [2.45, 2.75) is 12.8 Å². The van der Waals surface area contributed by atoms with E-state index in [0.717, 1.165) is 12.8 Å². The van der Waals surface area contributed by atoms with Crippen molar-refractivity contribution in [2.75, 3.05) is 20.3 Å². The molecule has 0 unspecified atom stereocenters. The van der Waals surface area contributed by atoms with E-state index >= 15 is 0 Å². The van der Waals surface area contributed by atoms with Gasteiger partial charge >= 0.3 is 0 Å². The smallest absolute Gasteiger partial charge is 0.162 e. The van der Waals surface area contributed by atoms with Gasteiger partial charge in [0.25, 0.3) is 0 Å². The largest absolute Gasteiger partial charge is 0.493 e. The van der Waals surface area contributed by atoms with Gasteiger partial charge in [0.1, 0.15) is 6.61 Å². The van der Waals surface area contributed by atoms with Crippen LogP contribution in [0, 0.1) is 12.3 Å². The number of benzene rings is 1. The average molecular weight is 219 g/mol. The van der Waals surface area contributed by atoms with Crippen molar-refractivity contribution in [1.82, 2.24) is 0 Å². The highest BCUT2D eigenvalue weighted by Crippen LogP contribution is 2.28. The third kappa shape index (κ3) is 3.48. The van der Waals surface area contributed by atoms with Crippen LogP contribution in [-0.4, -0.2) is 20.3 Å². The van der Waals surface area contributed by atoms with Crippen molar-refractivity contribution in [3.8, 4) is 23.8 Å². The van der Waals surface area contributed by atoms with Gasteiger partial charge in [0.2, 0.25) is 0 Å². The Balaban J connectivity index is 2.76. The summed E-state index contributed by atoms with van der Waals surface area (Å²) >= 11 is 0. The summed E-state index contributed by atoms with van der Waals surface area (Å²) in [6.07, 6.45) is 7.05. The predicted octanol–water partition coefficient (Wildman–Crippen LogP) is 1.60. The molecular formula is C13H17NO2. The van der Waals surface area contributed by atoms with E-state index in [2.05, 4.69) is 5.92 Å². The van der Waals surface area contributed by atoms with Gasteiger partial charge in [-0.15, -0.1) is 6.42 Å². The number of methoxy groups -OCH3 is 1. The molecule has 0 saturated carbocycles. The van der Waals surface area contributed by atoms with Crippen LogP contribution in [0.1, 0.15) is 12.0 Å². The van der Waals surface area contributed by atoms with Gasteiger partial charge in [0, 0.05) is 0 Å². The maximum absolute atomic E-state index is 5.46. The second-order valence-corrected chi connectivity index (χ2v) is 3.37. The third-order valence-corrected chi connectivity index (χ3v) is 2.21. The Morgan fingerprint density at radius 3 is 2.81 bits per heavy atom. The van der Waals surface area contributed by atoms with Crippen LogP contribution in [0.4, 0.5) is 0 Å². The first kappa shape index (κ1) is 12.4. The zero-order valence-corrected chi connectivity index (χ0v) is 9.53. The third-order valence-electron chi connectivity index (χ3n) is 2.21. The first-order chi connectivity index (χ1) is 7.81. The molecule has 16 heavy (non-hydrogen) atoms. The molecule has 1 aromatic carbocycles. The fourth-order valence-electron chi connectivity index (χ4n) is 1.41. The Kier molecular flexibility index (Phi) is 5.24. The topological polar surface area (TPSA) is 44.5 Å². The number of terminal acetylenes is 1. The molecule has 1 rings (SSSR count). The second kappa shape index (κ2) is 6.76. The standard InChI is InChI=1S/C13H17NO2/c1-3-9-16-12-7-6-11(5-4-8-14)10-13(12)15-2/h1,6-7,10H,4-5,8-9,14H2,2H3. The van der Waals surface area contributed by atoms with Gasteiger partial charge in [-0.3, -0.25) is 0 Å². The van der Waals surface area contributed by atoms with E-state index in [9.17, 15) is 0 Å². The molecule has 0 fully saturated rings. The molecule has 0 heterocycles. The quantitative estimate of drug-likeness (QED) is 0.739. The molecule has 0 radical (unpaired) electrons. The Morgan fingerprint density at radius 2 is 2.19 bits per heavy atom. The Hall–Kier alpha value is -1.66. The summed E-state index contributed by atoms with van der Waals surface area (Å²) < 4.78 is 10.6. The lowest BCUT2D eigenvalue weighted by molar-refractivity contribution is 0.330. The van der Waals surface area contributed by atoms with E-state index in [1.165, 1.54) is 5.56 Å². The predicted molar refractivity (Wildman–Crippen MR) is 64.7 cm³/mol. The van der Waals surface area contributed by atoms with Gasteiger partial charge in [0.15, 0.2) is 11.5 Å². The highest BCUT2D eigenvalue weighted by atomic mass is 16.5. The summed E-state index contributed by atoms with van der Waals surface area (Å²) in [5.74, 6) is 3.81. The molecule has 0 spiro atoms. The molecule has 3 heteroatoms. The van der Waals surface area contributed by atoms with Gasteiger partial charge in [0.05, 0.1) is 7.11 Å². The van der Waals surface area contributed by atoms with Crippen molar-refractivity contribution in [3.05, 3.63) is 23.8 Å². The van der Waals surface area contributed by atoms with Crippen molar-refractivity contribution >= 4 is 0 Å². The minimum atomic E-state index is 0.249. The Morgan fingerprint density at radius 1 is 1.38 bits per heavy atom. The van der Waals surface area contributed by atoms with E-state index in [1.54, 1.807) is 7.11 Å². The zero-order chi connectivity index (χ0) is 11.8. The molecule has 0 saturated heterocycles. The summed E-state index contributed by atoms with van der Waals surface area (Å²) in [6.45, 7) is 0.941. The molecule has 0 atom stereocenters. The van der Waals surface area contributed by atoms with Crippen molar-refractivity contribution in [1.29, 1.82) is 0 Å². The number of nitrogens with two attached hydrogens (primary N) is 1. The first-order valence-electron chi connectivity index (χ1n) is 5.25. The van der Waals surface area contributed by atoms with Gasteiger partial charge in [-0.1, -0.05) is 12.0 Å². The number of hydrogen-bond acceptors (Lipinski definition) is 3. The number of aryl methyl sites for hydroxylation is 1. The van der Waals surface area contributed by atoms with Crippen LogP contribution in [0.15, 0.2) is 18.2 Å². The molecule has 0 aliphatic heterocycles. The van der Waals surface area contributed by atoms with E-state index in [4.69, 9.17) is 21.6 Å². The Labute approximate surface area is 96.6 Å². The fourth-order valence-corrected chi connectivity index (χ4v) is 1.41. The molecule has 86 valence electrons. The molecule has 0 aliphatic carbocycles. The van der Waals surface area contributed by atoms with Crippen LogP contribution in [0.2, 0.25) is 0 Å². The number of rotatable bonds is 6. The second-order valence-electron chi connectivity index (χ2n) is 3.37. The van der Waals surface area contributed by atoms with Crippen molar-refractivity contribution < 1.29 is 9.47 Å². The molecule has 3 nitrogen and oxygen atoms in total. The Bertz CT molecular complexity index is 369. The van der Waals surface area contributed by atoms with Crippen LogP contribution in [-0.2, 0) is 6.42 Å². The average Bonchev–Trinajstić information content (AvgIpc) is 2.34. The SMILES string of the molecule is C#CCOc1ccc(CCCN)cc1OC. The van der Waals surface area contributed by atoms with Crippen molar-refractivity contribution in [2.24, 2.45) is 5.73 Å². The molecule has 0 amide bonds. The molecule has 0 aromatic heterocycles. The van der Waals surface area contributed by atoms with Crippen LogP contribution in [0.5, 0.6) is 11.5 Å². The lowest BCUT2D eigenvalue weighted by atomic mass is 10.1. The van der Waals surface area contributed by atoms with Gasteiger partial charge in [-0.25, -0.2) is 0 Å². The maximum Gasteiger partial charge on any atom is 0.162 e. The zero-order valence-electron chi connectivity index (χ0n) is 9.53. The first-order valence-corrected chi connectivity index (χ1v) is 5.25. The van der Waals surface area contributed by atoms with E-state index in [1.807, 2.05) is 18.2 Å². The normalized spacial score (nSPS) is 9.56. The lowest BCUT2D eigenvalue weighted by Gasteiger charge is -2.10. The molecule has 0 bridgehead atoms. The van der Waals surface area contributed by atoms with Crippen LogP contribution in [0.25, 0.3) is 0 Å². The van der Waals surface area contributed by atoms with Gasteiger partial charge in [-0.05, 0) is 37.1 Å². The maximum atomic E-state index is 5.46.